The minimum Gasteiger partial charge on any atom is -0.486 e. The fraction of sp³-hybridized carbons (Fsp3) is 0.333. The topological polar surface area (TPSA) is 104 Å². The lowest BCUT2D eigenvalue weighted by Crippen LogP contribution is -2.18. The lowest BCUT2D eigenvalue weighted by Gasteiger charge is -2.18. The predicted octanol–water partition coefficient (Wildman–Crippen LogP) is 2.56. The zero-order valence-electron chi connectivity index (χ0n) is 12.5. The maximum atomic E-state index is 12.5. The Bertz CT molecular complexity index is 826. The highest BCUT2D eigenvalue weighted by molar-refractivity contribution is 7.16. The van der Waals surface area contributed by atoms with E-state index in [2.05, 4.69) is 10.3 Å². The van der Waals surface area contributed by atoms with Crippen LogP contribution in [0.15, 0.2) is 12.1 Å². The first-order valence-electron chi connectivity index (χ1n) is 7.50. The molecular formula is C15H13N3O5S. The van der Waals surface area contributed by atoms with Gasteiger partial charge < -0.3 is 9.47 Å². The van der Waals surface area contributed by atoms with Crippen molar-refractivity contribution in [1.82, 2.24) is 4.98 Å². The number of hydrogen-bond acceptors (Lipinski definition) is 7. The van der Waals surface area contributed by atoms with Crippen molar-refractivity contribution in [1.29, 1.82) is 0 Å². The molecule has 1 aliphatic heterocycles. The van der Waals surface area contributed by atoms with E-state index in [4.69, 9.17) is 9.47 Å². The summed E-state index contributed by atoms with van der Waals surface area (Å²) in [6.45, 7) is 0.658. The van der Waals surface area contributed by atoms with Crippen molar-refractivity contribution in [2.45, 2.75) is 19.3 Å². The van der Waals surface area contributed by atoms with Gasteiger partial charge in [0.2, 0.25) is 0 Å². The number of rotatable bonds is 3. The minimum atomic E-state index is -0.602. The second-order valence-corrected chi connectivity index (χ2v) is 6.55. The van der Waals surface area contributed by atoms with E-state index < -0.39 is 10.8 Å². The van der Waals surface area contributed by atoms with Crippen molar-refractivity contribution in [2.75, 3.05) is 18.5 Å². The minimum absolute atomic E-state index is 0.0698. The van der Waals surface area contributed by atoms with Gasteiger partial charge in [0.05, 0.1) is 16.7 Å². The van der Waals surface area contributed by atoms with Crippen LogP contribution in [0.4, 0.5) is 10.8 Å². The molecule has 0 unspecified atom stereocenters. The van der Waals surface area contributed by atoms with E-state index >= 15 is 0 Å². The van der Waals surface area contributed by atoms with Crippen LogP contribution in [0.1, 0.15) is 27.3 Å². The van der Waals surface area contributed by atoms with E-state index in [1.54, 1.807) is 0 Å². The largest absolute Gasteiger partial charge is 0.486 e. The third-order valence-electron chi connectivity index (χ3n) is 3.92. The van der Waals surface area contributed by atoms with Crippen LogP contribution in [-0.4, -0.2) is 29.0 Å². The van der Waals surface area contributed by atoms with Gasteiger partial charge in [0.25, 0.3) is 11.6 Å². The van der Waals surface area contributed by atoms with Crippen molar-refractivity contribution in [3.8, 4) is 11.5 Å². The van der Waals surface area contributed by atoms with Crippen LogP contribution >= 0.6 is 11.3 Å². The van der Waals surface area contributed by atoms with Crippen molar-refractivity contribution in [3.63, 3.8) is 0 Å². The number of carbonyl (C=O) groups excluding carboxylic acids is 1. The number of amides is 1. The normalized spacial score (nSPS) is 15.0. The number of anilines is 1. The number of nitro groups is 1. The Morgan fingerprint density at radius 1 is 1.25 bits per heavy atom. The summed E-state index contributed by atoms with van der Waals surface area (Å²) in [5.41, 5.74) is 0.618. The molecule has 0 fully saturated rings. The van der Waals surface area contributed by atoms with Crippen LogP contribution in [0.25, 0.3) is 0 Å². The summed E-state index contributed by atoms with van der Waals surface area (Å²) in [6.07, 6.45) is 2.95. The summed E-state index contributed by atoms with van der Waals surface area (Å²) in [7, 11) is 0. The van der Waals surface area contributed by atoms with Crippen molar-refractivity contribution in [3.05, 3.63) is 38.4 Å². The smallest absolute Gasteiger partial charge is 0.286 e. The summed E-state index contributed by atoms with van der Waals surface area (Å²) in [6, 6.07) is 2.58. The molecule has 124 valence electrons. The van der Waals surface area contributed by atoms with Gasteiger partial charge in [0.15, 0.2) is 16.6 Å². The molecule has 1 amide bonds. The Kier molecular flexibility index (Phi) is 3.57. The highest BCUT2D eigenvalue weighted by Crippen LogP contribution is 2.37. The van der Waals surface area contributed by atoms with Gasteiger partial charge in [-0.15, -0.1) is 11.3 Å². The van der Waals surface area contributed by atoms with Gasteiger partial charge >= 0.3 is 0 Å². The van der Waals surface area contributed by atoms with Gasteiger partial charge in [-0.3, -0.25) is 20.2 Å². The molecule has 2 aromatic rings. The van der Waals surface area contributed by atoms with E-state index in [1.165, 1.54) is 28.3 Å². The summed E-state index contributed by atoms with van der Waals surface area (Å²) in [5, 5.41) is 14.4. The van der Waals surface area contributed by atoms with Crippen LogP contribution in [-0.2, 0) is 12.8 Å². The average Bonchev–Trinajstić information content (AvgIpc) is 3.14. The molecule has 0 spiro atoms. The van der Waals surface area contributed by atoms with Crippen LogP contribution < -0.4 is 14.8 Å². The van der Waals surface area contributed by atoms with Crippen molar-refractivity contribution >= 4 is 28.1 Å². The molecule has 0 bridgehead atoms. The first-order valence-corrected chi connectivity index (χ1v) is 8.31. The molecule has 1 aliphatic carbocycles. The van der Waals surface area contributed by atoms with Crippen molar-refractivity contribution in [2.24, 2.45) is 0 Å². The van der Waals surface area contributed by atoms with Gasteiger partial charge in [-0.25, -0.2) is 4.98 Å². The molecule has 1 N–H and O–H groups in total. The van der Waals surface area contributed by atoms with Crippen LogP contribution in [0.5, 0.6) is 11.5 Å². The first-order chi connectivity index (χ1) is 11.6. The molecule has 1 aromatic heterocycles. The number of nitro benzene ring substituents is 1. The van der Waals surface area contributed by atoms with E-state index in [0.29, 0.717) is 24.1 Å². The average molecular weight is 347 g/mol. The Morgan fingerprint density at radius 3 is 2.71 bits per heavy atom. The number of nitrogens with one attached hydrogen (secondary N) is 1. The maximum absolute atomic E-state index is 12.5. The molecule has 2 heterocycles. The molecular weight excluding hydrogens is 334 g/mol. The molecule has 0 saturated heterocycles. The fourth-order valence-corrected chi connectivity index (χ4v) is 3.86. The Balaban J connectivity index is 1.66. The SMILES string of the molecule is O=C(Nc1nc2c(s1)CCC2)c1cc2c(cc1[N+](=O)[O-])OCCO2. The number of fused-ring (bicyclic) bond motifs is 2. The summed E-state index contributed by atoms with van der Waals surface area (Å²) in [4.78, 5) is 28.7. The lowest BCUT2D eigenvalue weighted by molar-refractivity contribution is -0.385. The number of carbonyl (C=O) groups is 1. The molecule has 0 radical (unpaired) electrons. The molecule has 1 aromatic carbocycles. The lowest BCUT2D eigenvalue weighted by atomic mass is 10.1. The number of ether oxygens (including phenoxy) is 2. The monoisotopic (exact) mass is 347 g/mol. The molecule has 4 rings (SSSR count). The van der Waals surface area contributed by atoms with Gasteiger partial charge in [0.1, 0.15) is 18.8 Å². The van der Waals surface area contributed by atoms with Gasteiger partial charge in [-0.1, -0.05) is 0 Å². The number of aryl methyl sites for hydroxylation is 2. The van der Waals surface area contributed by atoms with Gasteiger partial charge in [-0.05, 0) is 19.3 Å². The Morgan fingerprint density at radius 2 is 2.00 bits per heavy atom. The molecule has 24 heavy (non-hydrogen) atoms. The molecule has 9 heteroatoms. The Labute approximate surface area is 140 Å². The second kappa shape index (κ2) is 5.75. The predicted molar refractivity (Wildman–Crippen MR) is 86.2 cm³/mol. The summed E-state index contributed by atoms with van der Waals surface area (Å²) in [5.74, 6) is 0.0301. The zero-order valence-corrected chi connectivity index (χ0v) is 13.4. The molecule has 0 atom stereocenters. The second-order valence-electron chi connectivity index (χ2n) is 5.47. The van der Waals surface area contributed by atoms with Crippen LogP contribution in [0.2, 0.25) is 0 Å². The highest BCUT2D eigenvalue weighted by Gasteiger charge is 2.27. The summed E-state index contributed by atoms with van der Waals surface area (Å²) < 4.78 is 10.7. The number of thiazole rings is 1. The third-order valence-corrected chi connectivity index (χ3v) is 4.99. The quantitative estimate of drug-likeness (QED) is 0.676. The van der Waals surface area contributed by atoms with E-state index in [-0.39, 0.29) is 17.0 Å². The van der Waals surface area contributed by atoms with E-state index in [9.17, 15) is 14.9 Å². The highest BCUT2D eigenvalue weighted by atomic mass is 32.1. The van der Waals surface area contributed by atoms with Crippen LogP contribution in [0.3, 0.4) is 0 Å². The summed E-state index contributed by atoms with van der Waals surface area (Å²) >= 11 is 1.42. The molecule has 0 saturated carbocycles. The zero-order chi connectivity index (χ0) is 16.7. The standard InChI is InChI=1S/C15H13N3O5S/c19-14(17-15-16-9-2-1-3-13(9)24-15)8-6-11-12(23-5-4-22-11)7-10(8)18(20)21/h6-7H,1-5H2,(H,16,17,19). The van der Waals surface area contributed by atoms with E-state index in [1.807, 2.05) is 0 Å². The Hall–Kier alpha value is -2.68. The fourth-order valence-electron chi connectivity index (χ4n) is 2.82. The number of hydrogen-bond donors (Lipinski definition) is 1. The number of benzene rings is 1. The third kappa shape index (κ3) is 2.56. The van der Waals surface area contributed by atoms with Gasteiger partial charge in [-0.2, -0.15) is 0 Å². The van der Waals surface area contributed by atoms with Crippen LogP contribution in [0, 0.1) is 10.1 Å². The number of nitrogens with zero attached hydrogens (tertiary/aromatic N) is 2. The molecule has 8 nitrogen and oxygen atoms in total. The van der Waals surface area contributed by atoms with Gasteiger partial charge in [0, 0.05) is 10.9 Å². The maximum Gasteiger partial charge on any atom is 0.286 e. The number of aromatic nitrogens is 1. The first kappa shape index (κ1) is 14.9. The van der Waals surface area contributed by atoms with E-state index in [0.717, 1.165) is 25.0 Å². The molecule has 2 aliphatic rings. The van der Waals surface area contributed by atoms with Crippen molar-refractivity contribution < 1.29 is 19.2 Å².